The van der Waals surface area contributed by atoms with E-state index in [9.17, 15) is 0 Å². The lowest BCUT2D eigenvalue weighted by atomic mass is 9.80. The predicted octanol–water partition coefficient (Wildman–Crippen LogP) is 1.75. The molecule has 1 aromatic rings. The first-order valence-corrected chi connectivity index (χ1v) is 6.09. The molecule has 1 aliphatic rings. The third kappa shape index (κ3) is 2.29. The van der Waals surface area contributed by atoms with Crippen LogP contribution in [-0.2, 0) is 9.31 Å². The molecule has 18 heavy (non-hydrogen) atoms. The highest BCUT2D eigenvalue weighted by atomic mass is 16.7. The summed E-state index contributed by atoms with van der Waals surface area (Å²) < 4.78 is 11.9. The molecule has 0 saturated carbocycles. The van der Waals surface area contributed by atoms with E-state index in [0.29, 0.717) is 0 Å². The maximum atomic E-state index is 5.97. The van der Waals surface area contributed by atoms with Crippen molar-refractivity contribution in [2.24, 2.45) is 0 Å². The first-order chi connectivity index (χ1) is 8.36. The fourth-order valence-corrected chi connectivity index (χ4v) is 1.78. The summed E-state index contributed by atoms with van der Waals surface area (Å²) in [5, 5.41) is 0. The van der Waals surface area contributed by atoms with Crippen molar-refractivity contribution in [2.45, 2.75) is 45.8 Å². The molecule has 0 aliphatic carbocycles. The van der Waals surface area contributed by atoms with Crippen LogP contribution in [0, 0.1) is 11.8 Å². The van der Waals surface area contributed by atoms with E-state index in [1.165, 1.54) is 0 Å². The summed E-state index contributed by atoms with van der Waals surface area (Å²) in [6, 6.07) is 1.96. The molecule has 0 bridgehead atoms. The van der Waals surface area contributed by atoms with Crippen molar-refractivity contribution in [3.05, 3.63) is 24.0 Å². The molecule has 0 spiro atoms. The van der Waals surface area contributed by atoms with Gasteiger partial charge in [0.2, 0.25) is 0 Å². The molecule has 0 amide bonds. The van der Waals surface area contributed by atoms with Gasteiger partial charge < -0.3 is 9.31 Å². The van der Waals surface area contributed by atoms with Gasteiger partial charge in [-0.15, -0.1) is 5.92 Å². The molecular formula is C14H18BNO2. The van der Waals surface area contributed by atoms with Crippen molar-refractivity contribution in [3.8, 4) is 11.8 Å². The van der Waals surface area contributed by atoms with Crippen LogP contribution in [0.15, 0.2) is 18.5 Å². The van der Waals surface area contributed by atoms with Crippen molar-refractivity contribution in [1.29, 1.82) is 0 Å². The second kappa shape index (κ2) is 4.42. The maximum Gasteiger partial charge on any atom is 0.496 e. The maximum absolute atomic E-state index is 5.97. The monoisotopic (exact) mass is 243 g/mol. The molecule has 0 atom stereocenters. The zero-order chi connectivity index (χ0) is 13.4. The Balaban J connectivity index is 2.28. The molecule has 3 nitrogen and oxygen atoms in total. The number of nitrogens with zero attached hydrogens (tertiary/aromatic N) is 1. The predicted molar refractivity (Wildman–Crippen MR) is 72.5 cm³/mol. The van der Waals surface area contributed by atoms with E-state index < -0.39 is 0 Å². The quantitative estimate of drug-likeness (QED) is 0.556. The normalized spacial score (nSPS) is 20.4. The highest BCUT2D eigenvalue weighted by Crippen LogP contribution is 2.36. The number of aromatic nitrogens is 1. The van der Waals surface area contributed by atoms with Gasteiger partial charge in [-0.1, -0.05) is 5.92 Å². The average Bonchev–Trinajstić information content (AvgIpc) is 2.49. The molecule has 1 saturated heterocycles. The van der Waals surface area contributed by atoms with Gasteiger partial charge in [0.15, 0.2) is 0 Å². The van der Waals surface area contributed by atoms with Crippen LogP contribution in [0.2, 0.25) is 0 Å². The Morgan fingerprint density at radius 1 is 1.11 bits per heavy atom. The van der Waals surface area contributed by atoms with Gasteiger partial charge in [-0.3, -0.25) is 4.98 Å². The Morgan fingerprint density at radius 3 is 2.28 bits per heavy atom. The van der Waals surface area contributed by atoms with Crippen LogP contribution in [-0.4, -0.2) is 23.3 Å². The summed E-state index contributed by atoms with van der Waals surface area (Å²) in [6.07, 6.45) is 3.51. The van der Waals surface area contributed by atoms with Gasteiger partial charge >= 0.3 is 7.12 Å². The van der Waals surface area contributed by atoms with Crippen LogP contribution in [0.1, 0.15) is 40.2 Å². The fourth-order valence-electron chi connectivity index (χ4n) is 1.78. The van der Waals surface area contributed by atoms with E-state index >= 15 is 0 Å². The van der Waals surface area contributed by atoms with Crippen LogP contribution in [0.3, 0.4) is 0 Å². The molecule has 94 valence electrons. The van der Waals surface area contributed by atoms with Crippen molar-refractivity contribution in [1.82, 2.24) is 4.98 Å². The van der Waals surface area contributed by atoms with E-state index in [4.69, 9.17) is 9.31 Å². The first-order valence-electron chi connectivity index (χ1n) is 6.09. The highest BCUT2D eigenvalue weighted by molar-refractivity contribution is 6.62. The van der Waals surface area contributed by atoms with E-state index in [2.05, 4.69) is 16.8 Å². The van der Waals surface area contributed by atoms with Crippen molar-refractivity contribution < 1.29 is 9.31 Å². The highest BCUT2D eigenvalue weighted by Gasteiger charge is 2.51. The van der Waals surface area contributed by atoms with Gasteiger partial charge in [0.25, 0.3) is 0 Å². The molecule has 0 unspecified atom stereocenters. The largest absolute Gasteiger partial charge is 0.496 e. The van der Waals surface area contributed by atoms with E-state index in [0.717, 1.165) is 11.0 Å². The molecular weight excluding hydrogens is 225 g/mol. The average molecular weight is 243 g/mol. The van der Waals surface area contributed by atoms with Gasteiger partial charge in [-0.2, -0.15) is 0 Å². The number of pyridine rings is 1. The molecule has 0 aromatic carbocycles. The lowest BCUT2D eigenvalue weighted by Gasteiger charge is -2.32. The van der Waals surface area contributed by atoms with Gasteiger partial charge in [0, 0.05) is 23.4 Å². The second-order valence-electron chi connectivity index (χ2n) is 5.47. The van der Waals surface area contributed by atoms with Gasteiger partial charge in [-0.25, -0.2) is 0 Å². The number of hydrogen-bond donors (Lipinski definition) is 0. The molecule has 2 rings (SSSR count). The van der Waals surface area contributed by atoms with E-state index in [1.54, 1.807) is 12.4 Å². The summed E-state index contributed by atoms with van der Waals surface area (Å²) in [6.45, 7) is 9.96. The standard InChI is InChI=1S/C14H18BNO2/c1-6-7-11-8-12(10-16-9-11)15-17-13(2,3)14(4,5)18-15/h8-10H,1-5H3. The Morgan fingerprint density at radius 2 is 1.72 bits per heavy atom. The molecule has 1 fully saturated rings. The summed E-state index contributed by atoms with van der Waals surface area (Å²) in [5.74, 6) is 5.85. The zero-order valence-corrected chi connectivity index (χ0v) is 11.6. The lowest BCUT2D eigenvalue weighted by molar-refractivity contribution is 0.00578. The summed E-state index contributed by atoms with van der Waals surface area (Å²) >= 11 is 0. The van der Waals surface area contributed by atoms with Gasteiger partial charge in [-0.05, 0) is 40.7 Å². The van der Waals surface area contributed by atoms with Crippen LogP contribution in [0.4, 0.5) is 0 Å². The third-order valence-electron chi connectivity index (χ3n) is 3.55. The smallest absolute Gasteiger partial charge is 0.399 e. The van der Waals surface area contributed by atoms with Crippen LogP contribution >= 0.6 is 0 Å². The molecule has 1 aliphatic heterocycles. The Kier molecular flexibility index (Phi) is 3.22. The minimum absolute atomic E-state index is 0.329. The van der Waals surface area contributed by atoms with Crippen molar-refractivity contribution in [2.75, 3.05) is 0 Å². The summed E-state index contributed by atoms with van der Waals surface area (Å²) in [5.41, 5.74) is 1.13. The summed E-state index contributed by atoms with van der Waals surface area (Å²) in [4.78, 5) is 4.18. The van der Waals surface area contributed by atoms with Gasteiger partial charge in [0.1, 0.15) is 0 Å². The fraction of sp³-hybridized carbons (Fsp3) is 0.500. The number of rotatable bonds is 1. The van der Waals surface area contributed by atoms with Crippen LogP contribution in [0.5, 0.6) is 0 Å². The topological polar surface area (TPSA) is 31.4 Å². The minimum atomic E-state index is -0.374. The zero-order valence-electron chi connectivity index (χ0n) is 11.6. The molecule has 2 heterocycles. The lowest BCUT2D eigenvalue weighted by Crippen LogP contribution is -2.41. The minimum Gasteiger partial charge on any atom is -0.399 e. The third-order valence-corrected chi connectivity index (χ3v) is 3.55. The second-order valence-corrected chi connectivity index (χ2v) is 5.47. The molecule has 1 aromatic heterocycles. The SMILES string of the molecule is CC#Cc1cncc(B2OC(C)(C)C(C)(C)O2)c1. The van der Waals surface area contributed by atoms with Crippen LogP contribution in [0.25, 0.3) is 0 Å². The molecule has 0 N–H and O–H groups in total. The first kappa shape index (κ1) is 13.1. The van der Waals surface area contributed by atoms with Gasteiger partial charge in [0.05, 0.1) is 11.2 Å². The Hall–Kier alpha value is -1.31. The van der Waals surface area contributed by atoms with Crippen molar-refractivity contribution in [3.63, 3.8) is 0 Å². The Labute approximate surface area is 109 Å². The van der Waals surface area contributed by atoms with Crippen molar-refractivity contribution >= 4 is 12.6 Å². The van der Waals surface area contributed by atoms with Crippen LogP contribution < -0.4 is 5.46 Å². The van der Waals surface area contributed by atoms with E-state index in [-0.39, 0.29) is 18.3 Å². The molecule has 0 radical (unpaired) electrons. The number of hydrogen-bond acceptors (Lipinski definition) is 3. The Bertz CT molecular complexity index is 498. The summed E-state index contributed by atoms with van der Waals surface area (Å²) in [7, 11) is -0.374. The molecule has 4 heteroatoms. The van der Waals surface area contributed by atoms with E-state index in [1.807, 2.05) is 40.7 Å².